The van der Waals surface area contributed by atoms with Crippen molar-refractivity contribution in [3.63, 3.8) is 0 Å². The molecule has 1 fully saturated rings. The van der Waals surface area contributed by atoms with E-state index in [1.807, 2.05) is 12.1 Å². The van der Waals surface area contributed by atoms with Gasteiger partial charge in [0.2, 0.25) is 0 Å². The number of aryl methyl sites for hydroxylation is 1. The zero-order valence-corrected chi connectivity index (χ0v) is 18.2. The molecule has 0 bridgehead atoms. The number of aliphatic hydroxyl groups is 2. The maximum Gasteiger partial charge on any atom is 0.0761 e. The predicted molar refractivity (Wildman–Crippen MR) is 121 cm³/mol. The third-order valence-electron chi connectivity index (χ3n) is 6.29. The summed E-state index contributed by atoms with van der Waals surface area (Å²) in [4.78, 5) is 2.22. The first-order valence-electron chi connectivity index (χ1n) is 11.0. The van der Waals surface area contributed by atoms with E-state index in [1.165, 1.54) is 17.6 Å². The van der Waals surface area contributed by atoms with E-state index in [2.05, 4.69) is 68.4 Å². The molecule has 3 heteroatoms. The summed E-state index contributed by atoms with van der Waals surface area (Å²) in [6.45, 7) is 3.20. The lowest BCUT2D eigenvalue weighted by atomic mass is 9.89. The SMILES string of the molecule is Cc1cccc(C[C@@H](O)/C=C/[C@@H]2[C@H]3CC(/C=C/CCCN(C)C)=C[C@H]3C[C@H]2O)c1. The molecule has 1 aromatic rings. The van der Waals surface area contributed by atoms with Gasteiger partial charge in [-0.05, 0) is 70.6 Å². The van der Waals surface area contributed by atoms with E-state index in [-0.39, 0.29) is 12.0 Å². The minimum atomic E-state index is -0.506. The zero-order valence-electron chi connectivity index (χ0n) is 18.2. The number of fused-ring (bicyclic) bond motifs is 1. The van der Waals surface area contributed by atoms with Crippen molar-refractivity contribution in [2.75, 3.05) is 20.6 Å². The van der Waals surface area contributed by atoms with Gasteiger partial charge in [-0.1, -0.05) is 65.8 Å². The Morgan fingerprint density at radius 3 is 2.86 bits per heavy atom. The summed E-state index contributed by atoms with van der Waals surface area (Å²) in [5.41, 5.74) is 3.78. The third kappa shape index (κ3) is 6.40. The topological polar surface area (TPSA) is 43.7 Å². The van der Waals surface area contributed by atoms with Crippen LogP contribution in [0.1, 0.15) is 36.8 Å². The lowest BCUT2D eigenvalue weighted by molar-refractivity contribution is 0.140. The molecule has 0 radical (unpaired) electrons. The number of unbranched alkanes of at least 4 members (excludes halogenated alkanes) is 1. The second-order valence-electron chi connectivity index (χ2n) is 9.15. The minimum Gasteiger partial charge on any atom is -0.392 e. The van der Waals surface area contributed by atoms with E-state index in [4.69, 9.17) is 0 Å². The zero-order chi connectivity index (χ0) is 20.8. The molecule has 158 valence electrons. The molecule has 0 aromatic heterocycles. The lowest BCUT2D eigenvalue weighted by Gasteiger charge is -2.18. The van der Waals surface area contributed by atoms with Crippen molar-refractivity contribution in [2.24, 2.45) is 17.8 Å². The molecule has 2 N–H and O–H groups in total. The van der Waals surface area contributed by atoms with Gasteiger partial charge in [0.15, 0.2) is 0 Å². The monoisotopic (exact) mass is 395 g/mol. The van der Waals surface area contributed by atoms with Crippen LogP contribution in [-0.2, 0) is 6.42 Å². The molecule has 2 aliphatic carbocycles. The van der Waals surface area contributed by atoms with Crippen molar-refractivity contribution in [1.82, 2.24) is 4.90 Å². The number of allylic oxidation sites excluding steroid dienone is 4. The van der Waals surface area contributed by atoms with Gasteiger partial charge < -0.3 is 15.1 Å². The first-order valence-corrected chi connectivity index (χ1v) is 11.0. The number of benzene rings is 1. The van der Waals surface area contributed by atoms with E-state index in [0.29, 0.717) is 18.3 Å². The summed E-state index contributed by atoms with van der Waals surface area (Å²) in [6, 6.07) is 8.28. The second kappa shape index (κ2) is 10.4. The van der Waals surface area contributed by atoms with Crippen LogP contribution in [-0.4, -0.2) is 48.0 Å². The van der Waals surface area contributed by atoms with Gasteiger partial charge in [-0.15, -0.1) is 0 Å². The Labute approximate surface area is 176 Å². The van der Waals surface area contributed by atoms with Gasteiger partial charge in [0, 0.05) is 12.3 Å². The van der Waals surface area contributed by atoms with Gasteiger partial charge in [0.25, 0.3) is 0 Å². The van der Waals surface area contributed by atoms with Gasteiger partial charge in [-0.25, -0.2) is 0 Å². The summed E-state index contributed by atoms with van der Waals surface area (Å²) in [5.74, 6) is 1.08. The molecule has 0 heterocycles. The molecule has 29 heavy (non-hydrogen) atoms. The molecule has 0 aliphatic heterocycles. The fourth-order valence-electron chi connectivity index (χ4n) is 4.84. The fraction of sp³-hybridized carbons (Fsp3) is 0.538. The van der Waals surface area contributed by atoms with E-state index >= 15 is 0 Å². The summed E-state index contributed by atoms with van der Waals surface area (Å²) in [5, 5.41) is 21.0. The molecule has 0 unspecified atom stereocenters. The molecule has 3 rings (SSSR count). The molecular weight excluding hydrogens is 358 g/mol. The second-order valence-corrected chi connectivity index (χ2v) is 9.15. The third-order valence-corrected chi connectivity index (χ3v) is 6.29. The molecule has 0 spiro atoms. The Morgan fingerprint density at radius 1 is 1.28 bits per heavy atom. The Balaban J connectivity index is 1.51. The van der Waals surface area contributed by atoms with Crippen LogP contribution in [0, 0.1) is 24.7 Å². The number of hydrogen-bond acceptors (Lipinski definition) is 3. The number of hydrogen-bond donors (Lipinski definition) is 2. The maximum atomic E-state index is 10.5. The molecule has 2 aliphatic rings. The highest BCUT2D eigenvalue weighted by molar-refractivity contribution is 5.29. The quantitative estimate of drug-likeness (QED) is 0.484. The van der Waals surface area contributed by atoms with Crippen molar-refractivity contribution >= 4 is 0 Å². The van der Waals surface area contributed by atoms with Crippen molar-refractivity contribution < 1.29 is 10.2 Å². The van der Waals surface area contributed by atoms with Crippen LogP contribution >= 0.6 is 0 Å². The van der Waals surface area contributed by atoms with Gasteiger partial charge in [0.05, 0.1) is 12.2 Å². The molecule has 0 amide bonds. The van der Waals surface area contributed by atoms with Gasteiger partial charge in [0.1, 0.15) is 0 Å². The Kier molecular flexibility index (Phi) is 7.88. The van der Waals surface area contributed by atoms with Crippen molar-refractivity contribution in [3.8, 4) is 0 Å². The van der Waals surface area contributed by atoms with Crippen LogP contribution in [0.25, 0.3) is 0 Å². The van der Waals surface area contributed by atoms with Crippen LogP contribution in [0.5, 0.6) is 0 Å². The summed E-state index contributed by atoms with van der Waals surface area (Å²) in [6.07, 6.45) is 14.9. The minimum absolute atomic E-state index is 0.142. The summed E-state index contributed by atoms with van der Waals surface area (Å²) >= 11 is 0. The van der Waals surface area contributed by atoms with Crippen LogP contribution in [0.15, 0.2) is 60.2 Å². The average molecular weight is 396 g/mol. The molecule has 3 nitrogen and oxygen atoms in total. The number of rotatable bonds is 9. The predicted octanol–water partition coefficient (Wildman–Crippen LogP) is 4.30. The highest BCUT2D eigenvalue weighted by Gasteiger charge is 2.42. The van der Waals surface area contributed by atoms with Crippen LogP contribution < -0.4 is 0 Å². The summed E-state index contributed by atoms with van der Waals surface area (Å²) < 4.78 is 0. The number of aliphatic hydroxyl groups excluding tert-OH is 2. The van der Waals surface area contributed by atoms with E-state index in [0.717, 1.165) is 31.4 Å². The summed E-state index contributed by atoms with van der Waals surface area (Å²) in [7, 11) is 4.22. The lowest BCUT2D eigenvalue weighted by Crippen LogP contribution is -2.18. The van der Waals surface area contributed by atoms with E-state index in [9.17, 15) is 10.2 Å². The molecule has 1 saturated carbocycles. The van der Waals surface area contributed by atoms with Gasteiger partial charge in [-0.3, -0.25) is 0 Å². The van der Waals surface area contributed by atoms with Crippen molar-refractivity contribution in [1.29, 1.82) is 0 Å². The van der Waals surface area contributed by atoms with Gasteiger partial charge >= 0.3 is 0 Å². The Hall–Kier alpha value is -1.68. The van der Waals surface area contributed by atoms with Crippen molar-refractivity contribution in [2.45, 2.75) is 51.2 Å². The molecule has 1 aromatic carbocycles. The Bertz CT molecular complexity index is 749. The molecule has 0 saturated heterocycles. The first-order chi connectivity index (χ1) is 13.9. The van der Waals surface area contributed by atoms with E-state index < -0.39 is 6.10 Å². The van der Waals surface area contributed by atoms with Crippen LogP contribution in [0.4, 0.5) is 0 Å². The smallest absolute Gasteiger partial charge is 0.0761 e. The average Bonchev–Trinajstić information content (AvgIpc) is 3.16. The normalized spacial score (nSPS) is 27.9. The number of nitrogens with zero attached hydrogens (tertiary/aromatic N) is 1. The van der Waals surface area contributed by atoms with E-state index in [1.54, 1.807) is 0 Å². The largest absolute Gasteiger partial charge is 0.392 e. The highest BCUT2D eigenvalue weighted by Crippen LogP contribution is 2.47. The maximum absolute atomic E-state index is 10.5. The van der Waals surface area contributed by atoms with Gasteiger partial charge in [-0.2, -0.15) is 0 Å². The molecular formula is C26H37NO2. The standard InChI is InChI=1S/C26H37NO2/c1-19-8-7-10-20(14-19)16-23(28)11-12-24-25-17-21(15-22(25)18-26(24)29)9-5-4-6-13-27(2)3/h5,7-12,14-15,22-26,28-29H,4,6,13,16-18H2,1-3H3/b9-5+,12-11+/t22-,23-,24+,25-,26+/m0/s1. The van der Waals surface area contributed by atoms with Crippen LogP contribution in [0.3, 0.4) is 0 Å². The van der Waals surface area contributed by atoms with Crippen molar-refractivity contribution in [3.05, 3.63) is 71.3 Å². The Morgan fingerprint density at radius 2 is 2.10 bits per heavy atom. The fourth-order valence-corrected chi connectivity index (χ4v) is 4.84. The molecule has 5 atom stereocenters. The van der Waals surface area contributed by atoms with Crippen LogP contribution in [0.2, 0.25) is 0 Å². The first kappa shape index (κ1) is 22.0. The highest BCUT2D eigenvalue weighted by atomic mass is 16.3.